The molecule has 0 saturated carbocycles. The number of amides is 1. The molecule has 0 heterocycles. The van der Waals surface area contributed by atoms with E-state index in [1.54, 1.807) is 0 Å². The normalized spacial score (nSPS) is 10.0. The lowest BCUT2D eigenvalue weighted by atomic mass is 10.2. The molecule has 0 aliphatic heterocycles. The van der Waals surface area contributed by atoms with Crippen molar-refractivity contribution in [2.75, 3.05) is 5.32 Å². The largest absolute Gasteiger partial charge is 0.478 e. The van der Waals surface area contributed by atoms with Crippen LogP contribution in [0.15, 0.2) is 42.5 Å². The summed E-state index contributed by atoms with van der Waals surface area (Å²) in [5, 5.41) is 13.9. The molecule has 2 aromatic rings. The van der Waals surface area contributed by atoms with Gasteiger partial charge in [-0.15, -0.1) is 0 Å². The topological polar surface area (TPSA) is 78.4 Å². The molecule has 5 nitrogen and oxygen atoms in total. The molecule has 3 N–H and O–H groups in total. The highest BCUT2D eigenvalue weighted by molar-refractivity contribution is 7.80. The first-order chi connectivity index (χ1) is 10.9. The standard InChI is InChI=1S/C15H10ClFN2O3S/c16-10-6-5-8(14(21)22)7-12(10)18-15(23)19-13(20)9-3-1-2-4-11(9)17/h1-7H,(H,21,22)(H2,18,19,20,23). The zero-order valence-corrected chi connectivity index (χ0v) is 13.0. The third-order valence-electron chi connectivity index (χ3n) is 2.81. The van der Waals surface area contributed by atoms with Crippen LogP contribution in [0, 0.1) is 5.82 Å². The maximum Gasteiger partial charge on any atom is 0.335 e. The van der Waals surface area contributed by atoms with E-state index in [9.17, 15) is 14.0 Å². The van der Waals surface area contributed by atoms with Gasteiger partial charge in [0.25, 0.3) is 5.91 Å². The van der Waals surface area contributed by atoms with Gasteiger partial charge < -0.3 is 10.4 Å². The number of rotatable bonds is 3. The second kappa shape index (κ2) is 7.17. The smallest absolute Gasteiger partial charge is 0.335 e. The Morgan fingerprint density at radius 2 is 1.87 bits per heavy atom. The van der Waals surface area contributed by atoms with Crippen LogP contribution in [-0.4, -0.2) is 22.1 Å². The van der Waals surface area contributed by atoms with Crippen molar-refractivity contribution in [2.24, 2.45) is 0 Å². The number of carboxylic acid groups (broad SMARTS) is 1. The number of benzene rings is 2. The Hall–Kier alpha value is -2.51. The number of carbonyl (C=O) groups excluding carboxylic acids is 1. The third-order valence-corrected chi connectivity index (χ3v) is 3.34. The van der Waals surface area contributed by atoms with E-state index in [0.29, 0.717) is 0 Å². The molecule has 118 valence electrons. The van der Waals surface area contributed by atoms with Gasteiger partial charge in [-0.1, -0.05) is 23.7 Å². The molecular weight excluding hydrogens is 343 g/mol. The summed E-state index contributed by atoms with van der Waals surface area (Å²) in [5.74, 6) is -2.55. The molecule has 0 bridgehead atoms. The van der Waals surface area contributed by atoms with Crippen molar-refractivity contribution in [2.45, 2.75) is 0 Å². The minimum Gasteiger partial charge on any atom is -0.478 e. The number of anilines is 1. The molecule has 0 aliphatic carbocycles. The molecule has 0 aromatic heterocycles. The van der Waals surface area contributed by atoms with E-state index in [-0.39, 0.29) is 26.9 Å². The van der Waals surface area contributed by atoms with E-state index in [4.69, 9.17) is 28.9 Å². The van der Waals surface area contributed by atoms with E-state index in [1.807, 2.05) is 0 Å². The molecule has 1 amide bonds. The highest BCUT2D eigenvalue weighted by Crippen LogP contribution is 2.23. The zero-order valence-electron chi connectivity index (χ0n) is 11.5. The molecule has 0 spiro atoms. The Labute approximate surface area is 141 Å². The maximum absolute atomic E-state index is 13.5. The number of halogens is 2. The van der Waals surface area contributed by atoms with Gasteiger partial charge in [-0.05, 0) is 42.5 Å². The van der Waals surface area contributed by atoms with Crippen molar-refractivity contribution in [3.8, 4) is 0 Å². The SMILES string of the molecule is O=C(O)c1ccc(Cl)c(NC(=S)NC(=O)c2ccccc2F)c1. The Morgan fingerprint density at radius 3 is 2.52 bits per heavy atom. The van der Waals surface area contributed by atoms with Crippen LogP contribution < -0.4 is 10.6 Å². The fourth-order valence-electron chi connectivity index (χ4n) is 1.72. The summed E-state index contributed by atoms with van der Waals surface area (Å²) in [4.78, 5) is 22.9. The van der Waals surface area contributed by atoms with Gasteiger partial charge in [0.15, 0.2) is 5.11 Å². The molecule has 0 atom stereocenters. The summed E-state index contributed by atoms with van der Waals surface area (Å²) in [6.07, 6.45) is 0. The van der Waals surface area contributed by atoms with Crippen LogP contribution in [0.2, 0.25) is 5.02 Å². The highest BCUT2D eigenvalue weighted by atomic mass is 35.5. The number of carbonyl (C=O) groups is 2. The number of aromatic carboxylic acids is 1. The van der Waals surface area contributed by atoms with Crippen molar-refractivity contribution in [1.29, 1.82) is 0 Å². The summed E-state index contributed by atoms with van der Waals surface area (Å²) in [6.45, 7) is 0. The average Bonchev–Trinajstić information content (AvgIpc) is 2.49. The van der Waals surface area contributed by atoms with E-state index >= 15 is 0 Å². The van der Waals surface area contributed by atoms with Gasteiger partial charge in [0, 0.05) is 0 Å². The van der Waals surface area contributed by atoms with Crippen LogP contribution in [0.1, 0.15) is 20.7 Å². The van der Waals surface area contributed by atoms with Crippen LogP contribution in [0.3, 0.4) is 0 Å². The number of carboxylic acids is 1. The lowest BCUT2D eigenvalue weighted by molar-refractivity contribution is 0.0696. The lowest BCUT2D eigenvalue weighted by Crippen LogP contribution is -2.34. The Bertz CT molecular complexity index is 798. The number of thiocarbonyl (C=S) groups is 1. The summed E-state index contributed by atoms with van der Waals surface area (Å²) in [5.41, 5.74) is 0.0487. The fourth-order valence-corrected chi connectivity index (χ4v) is 2.09. The first kappa shape index (κ1) is 16.9. The van der Waals surface area contributed by atoms with Gasteiger partial charge in [0.05, 0.1) is 21.8 Å². The second-order valence-electron chi connectivity index (χ2n) is 4.39. The average molecular weight is 353 g/mol. The minimum atomic E-state index is -1.13. The number of hydrogen-bond donors (Lipinski definition) is 3. The number of hydrogen-bond acceptors (Lipinski definition) is 3. The maximum atomic E-state index is 13.5. The summed E-state index contributed by atoms with van der Waals surface area (Å²) < 4.78 is 13.5. The molecule has 0 aliphatic rings. The fraction of sp³-hybridized carbons (Fsp3) is 0. The molecule has 0 fully saturated rings. The van der Waals surface area contributed by atoms with E-state index in [2.05, 4.69) is 10.6 Å². The Kier molecular flexibility index (Phi) is 5.25. The first-order valence-corrected chi connectivity index (χ1v) is 7.07. The van der Waals surface area contributed by atoms with E-state index < -0.39 is 17.7 Å². The van der Waals surface area contributed by atoms with Gasteiger partial charge in [0.2, 0.25) is 0 Å². The zero-order chi connectivity index (χ0) is 17.0. The predicted octanol–water partition coefficient (Wildman–Crippen LogP) is 3.30. The highest BCUT2D eigenvalue weighted by Gasteiger charge is 2.14. The molecule has 23 heavy (non-hydrogen) atoms. The van der Waals surface area contributed by atoms with Crippen LogP contribution in [0.25, 0.3) is 0 Å². The first-order valence-electron chi connectivity index (χ1n) is 6.28. The minimum absolute atomic E-state index is 0.000121. The van der Waals surface area contributed by atoms with E-state index in [1.165, 1.54) is 36.4 Å². The summed E-state index contributed by atoms with van der Waals surface area (Å²) in [6, 6.07) is 9.42. The molecule has 8 heteroatoms. The Balaban J connectivity index is 2.11. The molecule has 2 aromatic carbocycles. The van der Waals surface area contributed by atoms with Gasteiger partial charge >= 0.3 is 5.97 Å². The predicted molar refractivity (Wildman–Crippen MR) is 88.5 cm³/mol. The van der Waals surface area contributed by atoms with Crippen molar-refractivity contribution >= 4 is 46.5 Å². The third kappa shape index (κ3) is 4.24. The van der Waals surface area contributed by atoms with Crippen molar-refractivity contribution in [3.05, 3.63) is 64.4 Å². The molecule has 0 radical (unpaired) electrons. The van der Waals surface area contributed by atoms with Gasteiger partial charge in [0.1, 0.15) is 5.82 Å². The van der Waals surface area contributed by atoms with E-state index in [0.717, 1.165) is 6.07 Å². The van der Waals surface area contributed by atoms with Gasteiger partial charge in [-0.3, -0.25) is 10.1 Å². The van der Waals surface area contributed by atoms with Gasteiger partial charge in [-0.2, -0.15) is 0 Å². The monoisotopic (exact) mass is 352 g/mol. The second-order valence-corrected chi connectivity index (χ2v) is 5.20. The molecule has 2 rings (SSSR count). The van der Waals surface area contributed by atoms with Crippen LogP contribution in [0.5, 0.6) is 0 Å². The van der Waals surface area contributed by atoms with Crippen LogP contribution >= 0.6 is 23.8 Å². The van der Waals surface area contributed by atoms with Crippen molar-refractivity contribution in [1.82, 2.24) is 5.32 Å². The van der Waals surface area contributed by atoms with Crippen LogP contribution in [0.4, 0.5) is 10.1 Å². The summed E-state index contributed by atoms with van der Waals surface area (Å²) in [7, 11) is 0. The quantitative estimate of drug-likeness (QED) is 0.739. The molecule has 0 unspecified atom stereocenters. The Morgan fingerprint density at radius 1 is 1.17 bits per heavy atom. The lowest BCUT2D eigenvalue weighted by Gasteiger charge is -2.11. The summed E-state index contributed by atoms with van der Waals surface area (Å²) >= 11 is 10.9. The molecule has 0 saturated heterocycles. The van der Waals surface area contributed by atoms with Crippen molar-refractivity contribution < 1.29 is 19.1 Å². The van der Waals surface area contributed by atoms with Crippen molar-refractivity contribution in [3.63, 3.8) is 0 Å². The number of nitrogens with one attached hydrogen (secondary N) is 2. The van der Waals surface area contributed by atoms with Crippen LogP contribution in [-0.2, 0) is 0 Å². The molecular formula is C15H10ClFN2O3S. The van der Waals surface area contributed by atoms with Gasteiger partial charge in [-0.25, -0.2) is 9.18 Å².